The number of nitrogens with zero attached hydrogens (tertiary/aromatic N) is 2. The van der Waals surface area contributed by atoms with Crippen LogP contribution < -0.4 is 9.87 Å². The van der Waals surface area contributed by atoms with E-state index in [1.54, 1.807) is 0 Å². The highest BCUT2D eigenvalue weighted by molar-refractivity contribution is 9.10. The molecule has 0 unspecified atom stereocenters. The molecule has 1 aliphatic heterocycles. The molecule has 0 radical (unpaired) electrons. The van der Waals surface area contributed by atoms with E-state index in [4.69, 9.17) is 22.2 Å². The Morgan fingerprint density at radius 3 is 1.63 bits per heavy atom. The Morgan fingerprint density at radius 2 is 1.24 bits per heavy atom. The van der Waals surface area contributed by atoms with Gasteiger partial charge in [-0.1, -0.05) is 123 Å². The highest BCUT2D eigenvalue weighted by Gasteiger charge is 2.55. The van der Waals surface area contributed by atoms with E-state index < -0.39 is 65.3 Å². The number of aromatic nitrogens is 2. The molecule has 0 aliphatic carbocycles. The largest absolute Gasteiger partial charge is 0.414 e. The Morgan fingerprint density at radius 1 is 0.797 bits per heavy atom. The quantitative estimate of drug-likeness (QED) is 0.127. The van der Waals surface area contributed by atoms with E-state index in [-0.39, 0.29) is 60.4 Å². The molecule has 59 heavy (non-hydrogen) atoms. The van der Waals surface area contributed by atoms with Gasteiger partial charge in [-0.05, 0) is 111 Å². The van der Waals surface area contributed by atoms with Gasteiger partial charge in [-0.25, -0.2) is 4.79 Å². The van der Waals surface area contributed by atoms with Crippen molar-refractivity contribution in [1.29, 1.82) is 0 Å². The van der Waals surface area contributed by atoms with Crippen LogP contribution in [-0.2, 0) is 28.1 Å². The van der Waals surface area contributed by atoms with Gasteiger partial charge < -0.3 is 22.2 Å². The topological polar surface area (TPSA) is 115 Å². The molecule has 1 aromatic heterocycles. The summed E-state index contributed by atoms with van der Waals surface area (Å²) in [6.45, 7) is 49.2. The van der Waals surface area contributed by atoms with Gasteiger partial charge in [0.05, 0.1) is 12.3 Å². The third-order valence-electron chi connectivity index (χ3n) is 13.2. The van der Waals surface area contributed by atoms with E-state index >= 15 is 0 Å². The number of halogens is 1. The number of hydrogen-bond acceptors (Lipinski definition) is 9. The average molecular weight is 958 g/mol. The molecule has 0 amide bonds. The third-order valence-corrected chi connectivity index (χ3v) is 28.8. The molecule has 2 heterocycles. The molecule has 0 N–H and O–H groups in total. The van der Waals surface area contributed by atoms with Crippen LogP contribution in [0.2, 0.25) is 54.4 Å². The van der Waals surface area contributed by atoms with Crippen LogP contribution in [0.25, 0.3) is 6.08 Å². The lowest BCUT2D eigenvalue weighted by Crippen LogP contribution is -2.55. The monoisotopic (exact) mass is 956 g/mol. The van der Waals surface area contributed by atoms with Crippen molar-refractivity contribution in [2.24, 2.45) is 0 Å². The van der Waals surface area contributed by atoms with Gasteiger partial charge >= 0.3 is 15.8 Å². The Labute approximate surface area is 369 Å². The fourth-order valence-corrected chi connectivity index (χ4v) is 12.0. The van der Waals surface area contributed by atoms with Crippen LogP contribution in [-0.4, -0.2) is 67.8 Å². The Bertz CT molecular complexity index is 1980. The molecular formula is C44H77BrN2O8SSi3. The number of rotatable bonds is 15. The second-order valence-electron chi connectivity index (χ2n) is 21.8. The van der Waals surface area contributed by atoms with E-state index in [1.165, 1.54) is 10.6 Å². The highest BCUT2D eigenvalue weighted by atomic mass is 79.9. The van der Waals surface area contributed by atoms with Crippen molar-refractivity contribution in [3.05, 3.63) is 56.1 Å². The van der Waals surface area contributed by atoms with Gasteiger partial charge in [0.25, 0.3) is 5.88 Å². The molecule has 0 bridgehead atoms. The summed E-state index contributed by atoms with van der Waals surface area (Å²) in [5, 5.41) is -0.392. The minimum Gasteiger partial charge on any atom is -0.414 e. The second-order valence-corrected chi connectivity index (χ2v) is 38.4. The zero-order chi connectivity index (χ0) is 45.8. The fourth-order valence-electron chi connectivity index (χ4n) is 6.18. The highest BCUT2D eigenvalue weighted by Crippen LogP contribution is 2.47. The van der Waals surface area contributed by atoms with Gasteiger partial charge in [0, 0.05) is 0 Å². The molecule has 1 aliphatic rings. The van der Waals surface area contributed by atoms with Crippen molar-refractivity contribution in [1.82, 2.24) is 9.55 Å². The van der Waals surface area contributed by atoms with Crippen LogP contribution in [0.15, 0.2) is 32.9 Å². The van der Waals surface area contributed by atoms with E-state index in [2.05, 4.69) is 143 Å². The third kappa shape index (κ3) is 11.2. The number of ether oxygens (including phenoxy) is 1. The lowest BCUT2D eigenvalue weighted by molar-refractivity contribution is -0.0514. The molecular weight excluding hydrogens is 881 g/mol. The van der Waals surface area contributed by atoms with Crippen LogP contribution >= 0.6 is 15.9 Å². The first kappa shape index (κ1) is 51.9. The maximum atomic E-state index is 14.6. The summed E-state index contributed by atoms with van der Waals surface area (Å²) in [6, 6.07) is 3.89. The lowest BCUT2D eigenvalue weighted by atomic mass is 9.89. The van der Waals surface area contributed by atoms with E-state index in [0.29, 0.717) is 11.1 Å². The number of benzene rings is 1. The van der Waals surface area contributed by atoms with Crippen LogP contribution in [0.3, 0.4) is 0 Å². The van der Waals surface area contributed by atoms with Crippen LogP contribution in [0.5, 0.6) is 5.88 Å². The first-order valence-electron chi connectivity index (χ1n) is 21.1. The first-order chi connectivity index (χ1) is 26.4. The summed E-state index contributed by atoms with van der Waals surface area (Å²) < 4.78 is 64.8. The Kier molecular flexibility index (Phi) is 15.8. The molecule has 2 aromatic rings. The second kappa shape index (κ2) is 18.0. The van der Waals surface area contributed by atoms with Crippen molar-refractivity contribution in [2.45, 2.75) is 205 Å². The van der Waals surface area contributed by atoms with Gasteiger partial charge in [-0.2, -0.15) is 13.4 Å². The summed E-state index contributed by atoms with van der Waals surface area (Å²) in [5.74, 6) is -0.445. The molecule has 1 saturated heterocycles. The molecule has 1 aromatic carbocycles. The molecule has 15 heteroatoms. The molecule has 1 fully saturated rings. The summed E-state index contributed by atoms with van der Waals surface area (Å²) in [5.41, 5.74) is 1.81. The molecule has 10 nitrogen and oxygen atoms in total. The van der Waals surface area contributed by atoms with Gasteiger partial charge in [0.1, 0.15) is 27.7 Å². The molecule has 4 atom stereocenters. The Balaban J connectivity index is 2.34. The number of hydrogen-bond donors (Lipinski definition) is 0. The summed E-state index contributed by atoms with van der Waals surface area (Å²) in [7, 11) is -11.8. The fraction of sp³-hybridized carbons (Fsp3) is 0.727. The van der Waals surface area contributed by atoms with E-state index in [0.717, 1.165) is 5.56 Å². The molecule has 336 valence electrons. The predicted octanol–water partition coefficient (Wildman–Crippen LogP) is 12.5. The lowest BCUT2D eigenvalue weighted by Gasteiger charge is -2.44. The van der Waals surface area contributed by atoms with Gasteiger partial charge in [0.2, 0.25) is 0 Å². The first-order valence-corrected chi connectivity index (χ1v) is 32.1. The minimum atomic E-state index is -4.49. The summed E-state index contributed by atoms with van der Waals surface area (Å²) in [6.07, 6.45) is -1.49. The Hall–Kier alpha value is -1.44. The van der Waals surface area contributed by atoms with Crippen molar-refractivity contribution in [3.8, 4) is 5.88 Å². The molecule has 0 spiro atoms. The van der Waals surface area contributed by atoms with Crippen molar-refractivity contribution in [3.63, 3.8) is 0 Å². The zero-order valence-electron chi connectivity index (χ0n) is 40.1. The van der Waals surface area contributed by atoms with Gasteiger partial charge in [-0.15, -0.1) is 0 Å². The van der Waals surface area contributed by atoms with E-state index in [1.807, 2.05) is 39.8 Å². The zero-order valence-corrected chi connectivity index (χ0v) is 45.5. The van der Waals surface area contributed by atoms with Crippen molar-refractivity contribution in [2.75, 3.05) is 6.61 Å². The smallest absolute Gasteiger partial charge is 0.353 e. The van der Waals surface area contributed by atoms with Crippen molar-refractivity contribution >= 4 is 57.1 Å². The van der Waals surface area contributed by atoms with Gasteiger partial charge in [0.15, 0.2) is 31.2 Å². The standard InChI is InChI=1S/C44H77BrN2O8SSi3/c1-23-33-35(45)39(53-56(49,50)38-31(28(4)5)24-30(27(2)3)25-32(38)29(6)7)46-41(48)47(33)40-37(55-59(21,22)44(14,15)16)36(54-58(19,20)43(11,12)13)34(52-40)26-51-57(17,18)42(8,9)10/h23-25,27-29,34,36-37,40H,1,26H2,2-22H3/t34-,36-,37-,40-/m1/s1. The average Bonchev–Trinajstić information content (AvgIpc) is 3.37. The van der Waals surface area contributed by atoms with E-state index in [9.17, 15) is 13.2 Å². The summed E-state index contributed by atoms with van der Waals surface area (Å²) in [4.78, 5) is 19.0. The van der Waals surface area contributed by atoms with Crippen molar-refractivity contribution < 1.29 is 30.6 Å². The maximum absolute atomic E-state index is 14.6. The molecule has 0 saturated carbocycles. The minimum absolute atomic E-state index is 0.0575. The SMILES string of the molecule is C=Cc1c(Br)c(OS(=O)(=O)c2c(C(C)C)cc(C(C)C)cc2C(C)C)nc(=O)n1[C@@H]1O[C@H](CO[Si](C)(C)C(C)(C)C)[C@@H](O[Si](C)(C)C(C)(C)C)[C@H]1O[Si](C)(C)C(C)(C)C. The van der Waals surface area contributed by atoms with Crippen LogP contribution in [0, 0.1) is 0 Å². The van der Waals surface area contributed by atoms with Crippen LogP contribution in [0.1, 0.15) is 150 Å². The van der Waals surface area contributed by atoms with Crippen LogP contribution in [0.4, 0.5) is 0 Å². The van der Waals surface area contributed by atoms with Gasteiger partial charge in [-0.3, -0.25) is 4.57 Å². The normalized spacial score (nSPS) is 20.3. The summed E-state index contributed by atoms with van der Waals surface area (Å²) >= 11 is 3.61. The molecule has 3 rings (SSSR count). The predicted molar refractivity (Wildman–Crippen MR) is 254 cm³/mol. The maximum Gasteiger partial charge on any atom is 0.353 e.